The molecule has 7 heteroatoms. The van der Waals surface area contributed by atoms with Gasteiger partial charge in [0.1, 0.15) is 5.82 Å². The number of aromatic nitrogens is 2. The first-order chi connectivity index (χ1) is 13.8. The van der Waals surface area contributed by atoms with Crippen LogP contribution in [0.4, 0.5) is 4.39 Å². The van der Waals surface area contributed by atoms with Gasteiger partial charge in [0.2, 0.25) is 0 Å². The number of likely N-dealkylation sites (N-methyl/N-ethyl adjacent to an activating group) is 1. The summed E-state index contributed by atoms with van der Waals surface area (Å²) < 4.78 is 15.3. The lowest BCUT2D eigenvalue weighted by Gasteiger charge is -2.34. The highest BCUT2D eigenvalue weighted by Gasteiger charge is 2.40. The molecule has 2 aromatic heterocycles. The molecule has 1 aliphatic rings. The van der Waals surface area contributed by atoms with Crippen molar-refractivity contribution in [2.45, 2.75) is 46.5 Å². The van der Waals surface area contributed by atoms with Crippen LogP contribution in [0.15, 0.2) is 30.1 Å². The van der Waals surface area contributed by atoms with Crippen molar-refractivity contribution in [1.82, 2.24) is 25.9 Å². The molecule has 1 aromatic carbocycles. The third-order valence-electron chi connectivity index (χ3n) is 5.84. The van der Waals surface area contributed by atoms with Gasteiger partial charge >= 0.3 is 0 Å². The van der Waals surface area contributed by atoms with Crippen LogP contribution in [0.25, 0.3) is 10.9 Å². The van der Waals surface area contributed by atoms with E-state index in [1.165, 1.54) is 0 Å². The van der Waals surface area contributed by atoms with Crippen LogP contribution in [0, 0.1) is 26.6 Å². The molecule has 3 aromatic rings. The molecule has 0 fully saturated rings. The van der Waals surface area contributed by atoms with Crippen LogP contribution in [0.5, 0.6) is 0 Å². The lowest BCUT2D eigenvalue weighted by atomic mass is 9.76. The molecule has 0 bridgehead atoms. The maximum atomic E-state index is 15.3. The number of rotatable bonds is 4. The number of hydrogen-bond acceptors (Lipinski definition) is 6. The summed E-state index contributed by atoms with van der Waals surface area (Å²) in [7, 11) is 1.97. The molecule has 152 valence electrons. The predicted molar refractivity (Wildman–Crippen MR) is 116 cm³/mol. The number of benzene rings is 1. The fraction of sp³-hybridized carbons (Fsp3) is 0.364. The fourth-order valence-electron chi connectivity index (χ4n) is 4.25. The number of allylic oxidation sites excluding steroid dienone is 1. The molecule has 1 atom stereocenters. The molecular formula is C22H26FN5S. The Bertz CT molecular complexity index is 1140. The molecule has 1 aliphatic heterocycles. The monoisotopic (exact) mass is 411 g/mol. The van der Waals surface area contributed by atoms with Gasteiger partial charge in [-0.15, -0.1) is 16.9 Å². The molecule has 0 saturated carbocycles. The average Bonchev–Trinajstić information content (AvgIpc) is 3.28. The first kappa shape index (κ1) is 19.8. The van der Waals surface area contributed by atoms with E-state index in [4.69, 9.17) is 0 Å². The second-order valence-corrected chi connectivity index (χ2v) is 8.90. The Balaban J connectivity index is 2.00. The number of hydrazine groups is 2. The number of nitrogens with one attached hydrogen (secondary N) is 2. The normalized spacial score (nSPS) is 16.1. The zero-order chi connectivity index (χ0) is 20.9. The highest BCUT2D eigenvalue weighted by atomic mass is 32.1. The number of aryl methyl sites for hydroxylation is 3. The molecule has 3 heterocycles. The van der Waals surface area contributed by atoms with Crippen molar-refractivity contribution in [2.24, 2.45) is 0 Å². The zero-order valence-electron chi connectivity index (χ0n) is 17.6. The van der Waals surface area contributed by atoms with Crippen molar-refractivity contribution in [2.75, 3.05) is 7.05 Å². The Morgan fingerprint density at radius 2 is 1.97 bits per heavy atom. The molecule has 4 rings (SSSR count). The largest absolute Gasteiger partial charge is 0.309 e. The number of nitrogens with zero attached hydrogens (tertiary/aromatic N) is 3. The summed E-state index contributed by atoms with van der Waals surface area (Å²) in [5, 5.41) is 3.53. The van der Waals surface area contributed by atoms with Gasteiger partial charge in [-0.2, -0.15) is 0 Å². The maximum Gasteiger partial charge on any atom is 0.137 e. The van der Waals surface area contributed by atoms with E-state index in [0.29, 0.717) is 22.9 Å². The average molecular weight is 412 g/mol. The van der Waals surface area contributed by atoms with Crippen molar-refractivity contribution < 1.29 is 4.39 Å². The molecule has 0 spiro atoms. The summed E-state index contributed by atoms with van der Waals surface area (Å²) in [5.41, 5.74) is 10.9. The summed E-state index contributed by atoms with van der Waals surface area (Å²) in [6, 6.07) is 5.95. The third-order valence-corrected chi connectivity index (χ3v) is 7.13. The minimum absolute atomic E-state index is 0.182. The summed E-state index contributed by atoms with van der Waals surface area (Å²) in [6.45, 7) is 10.0. The Morgan fingerprint density at radius 1 is 1.21 bits per heavy atom. The standard InChI is InChI=1S/C22H26FN5S/c1-7-17-12(2)20(23)16-10-15(8-9-18(16)26-17)22(5,19-11-24-27-28(19)6)21-13(3)25-14(4)29-21/h8-11,24,27H,7H2,1-6H3. The van der Waals surface area contributed by atoms with Gasteiger partial charge in [0, 0.05) is 34.8 Å². The van der Waals surface area contributed by atoms with Gasteiger partial charge in [0.05, 0.1) is 27.3 Å². The predicted octanol–water partition coefficient (Wildman–Crippen LogP) is 4.42. The van der Waals surface area contributed by atoms with E-state index in [1.54, 1.807) is 11.3 Å². The smallest absolute Gasteiger partial charge is 0.137 e. The van der Waals surface area contributed by atoms with E-state index >= 15 is 4.39 Å². The molecular weight excluding hydrogens is 385 g/mol. The van der Waals surface area contributed by atoms with Crippen LogP contribution in [0.1, 0.15) is 46.2 Å². The Labute approximate surface area is 174 Å². The van der Waals surface area contributed by atoms with E-state index in [2.05, 4.69) is 33.9 Å². The number of fused-ring (bicyclic) bond motifs is 1. The van der Waals surface area contributed by atoms with Gasteiger partial charge in [-0.05, 0) is 51.8 Å². The molecule has 0 radical (unpaired) electrons. The lowest BCUT2D eigenvalue weighted by Crippen LogP contribution is -2.40. The van der Waals surface area contributed by atoms with Crippen molar-refractivity contribution in [3.8, 4) is 0 Å². The molecule has 0 aliphatic carbocycles. The maximum absolute atomic E-state index is 15.3. The van der Waals surface area contributed by atoms with Crippen molar-refractivity contribution >= 4 is 22.2 Å². The van der Waals surface area contributed by atoms with E-state index in [0.717, 1.165) is 32.5 Å². The molecule has 0 amide bonds. The Morgan fingerprint density at radius 3 is 2.55 bits per heavy atom. The molecule has 5 nitrogen and oxygen atoms in total. The van der Waals surface area contributed by atoms with E-state index < -0.39 is 5.41 Å². The van der Waals surface area contributed by atoms with Crippen LogP contribution < -0.4 is 11.0 Å². The first-order valence-corrected chi connectivity index (χ1v) is 10.6. The van der Waals surface area contributed by atoms with Gasteiger partial charge in [0.15, 0.2) is 0 Å². The number of pyridine rings is 1. The second-order valence-electron chi connectivity index (χ2n) is 7.70. The molecule has 1 unspecified atom stereocenters. The SMILES string of the molecule is CCc1nc2ccc(C(C)(C3=CNNN3C)c3sc(C)nc3C)cc2c(F)c1C. The zero-order valence-corrected chi connectivity index (χ0v) is 18.5. The number of halogens is 1. The van der Waals surface area contributed by atoms with Crippen LogP contribution in [-0.2, 0) is 11.8 Å². The highest BCUT2D eigenvalue weighted by molar-refractivity contribution is 7.11. The van der Waals surface area contributed by atoms with Gasteiger partial charge in [0.25, 0.3) is 0 Å². The summed E-state index contributed by atoms with van der Waals surface area (Å²) >= 11 is 1.68. The van der Waals surface area contributed by atoms with Gasteiger partial charge in [-0.3, -0.25) is 9.99 Å². The van der Waals surface area contributed by atoms with Gasteiger partial charge in [-0.1, -0.05) is 13.0 Å². The van der Waals surface area contributed by atoms with E-state index in [9.17, 15) is 0 Å². The van der Waals surface area contributed by atoms with Crippen LogP contribution >= 0.6 is 11.3 Å². The molecule has 0 saturated heterocycles. The second kappa shape index (κ2) is 7.07. The quantitative estimate of drug-likeness (QED) is 0.666. The molecule has 2 N–H and O–H groups in total. The van der Waals surface area contributed by atoms with Crippen LogP contribution in [-0.4, -0.2) is 22.0 Å². The third kappa shape index (κ3) is 3.00. The summed E-state index contributed by atoms with van der Waals surface area (Å²) in [5.74, 6) is -0.182. The van der Waals surface area contributed by atoms with Crippen LogP contribution in [0.2, 0.25) is 0 Å². The van der Waals surface area contributed by atoms with E-state index in [-0.39, 0.29) is 5.82 Å². The first-order valence-electron chi connectivity index (χ1n) is 9.76. The van der Waals surface area contributed by atoms with E-state index in [1.807, 2.05) is 58.1 Å². The summed E-state index contributed by atoms with van der Waals surface area (Å²) in [6.07, 6.45) is 2.67. The number of thiazole rings is 1. The topological polar surface area (TPSA) is 53.1 Å². The minimum atomic E-state index is -0.501. The minimum Gasteiger partial charge on any atom is -0.309 e. The Hall–Kier alpha value is -2.51. The number of hydrogen-bond donors (Lipinski definition) is 2. The fourth-order valence-corrected chi connectivity index (χ4v) is 5.35. The van der Waals surface area contributed by atoms with Crippen molar-refractivity contribution in [3.05, 3.63) is 68.3 Å². The van der Waals surface area contributed by atoms with Gasteiger partial charge < -0.3 is 5.43 Å². The van der Waals surface area contributed by atoms with Gasteiger partial charge in [-0.25, -0.2) is 9.37 Å². The van der Waals surface area contributed by atoms with Crippen molar-refractivity contribution in [3.63, 3.8) is 0 Å². The lowest BCUT2D eigenvalue weighted by molar-refractivity contribution is 0.278. The van der Waals surface area contributed by atoms with Crippen molar-refractivity contribution in [1.29, 1.82) is 0 Å². The van der Waals surface area contributed by atoms with Crippen LogP contribution in [0.3, 0.4) is 0 Å². The Kier molecular flexibility index (Phi) is 4.83. The molecule has 29 heavy (non-hydrogen) atoms. The summed E-state index contributed by atoms with van der Waals surface area (Å²) in [4.78, 5) is 10.5. The highest BCUT2D eigenvalue weighted by Crippen LogP contribution is 2.45.